The molecule has 19 heteroatoms. The van der Waals surface area contributed by atoms with E-state index in [9.17, 15) is 43.2 Å². The number of aliphatic hydroxyl groups excluding tert-OH is 1. The van der Waals surface area contributed by atoms with E-state index in [1.807, 2.05) is 0 Å². The van der Waals surface area contributed by atoms with E-state index in [-0.39, 0.29) is 25.7 Å². The van der Waals surface area contributed by atoms with Crippen LogP contribution in [0.5, 0.6) is 0 Å². The molecule has 0 rings (SSSR count). The lowest BCUT2D eigenvalue weighted by atomic mass is 10.1. The van der Waals surface area contributed by atoms with Crippen molar-refractivity contribution in [2.24, 2.45) is 0 Å². The molecule has 0 aromatic carbocycles. The minimum absolute atomic E-state index is 0.0532. The third-order valence-electron chi connectivity index (χ3n) is 16.5. The van der Waals surface area contributed by atoms with E-state index in [4.69, 9.17) is 37.0 Å². The van der Waals surface area contributed by atoms with Crippen molar-refractivity contribution in [3.05, 3.63) is 158 Å². The van der Waals surface area contributed by atoms with Gasteiger partial charge in [0.05, 0.1) is 26.4 Å². The first kappa shape index (κ1) is 101. The maximum Gasteiger partial charge on any atom is 0.472 e. The van der Waals surface area contributed by atoms with Gasteiger partial charge >= 0.3 is 39.5 Å². The fourth-order valence-corrected chi connectivity index (χ4v) is 11.9. The number of ether oxygens (including phenoxy) is 4. The molecule has 17 nitrogen and oxygen atoms in total. The second-order valence-electron chi connectivity index (χ2n) is 26.6. The Labute approximate surface area is 642 Å². The largest absolute Gasteiger partial charge is 0.472 e. The fraction of sp³-hybridized carbons (Fsp3) is 0.655. The Kier molecular flexibility index (Phi) is 73.9. The second-order valence-corrected chi connectivity index (χ2v) is 29.5. The molecule has 0 aliphatic carbocycles. The minimum Gasteiger partial charge on any atom is -0.462 e. The number of esters is 4. The van der Waals surface area contributed by atoms with E-state index in [1.54, 1.807) is 0 Å². The molecular weight excluding hydrogens is 1380 g/mol. The van der Waals surface area contributed by atoms with Gasteiger partial charge in [-0.2, -0.15) is 0 Å². The predicted molar refractivity (Wildman–Crippen MR) is 436 cm³/mol. The van der Waals surface area contributed by atoms with E-state index in [1.165, 1.54) is 38.5 Å². The lowest BCUT2D eigenvalue weighted by molar-refractivity contribution is -0.161. The zero-order valence-corrected chi connectivity index (χ0v) is 67.8. The Morgan fingerprint density at radius 1 is 0.274 bits per heavy atom. The smallest absolute Gasteiger partial charge is 0.462 e. The third-order valence-corrected chi connectivity index (χ3v) is 18.4. The van der Waals surface area contributed by atoms with Crippen LogP contribution in [0.15, 0.2) is 158 Å². The summed E-state index contributed by atoms with van der Waals surface area (Å²) in [6, 6.07) is 0. The van der Waals surface area contributed by atoms with Gasteiger partial charge in [-0.3, -0.25) is 37.3 Å². The first-order valence-electron chi connectivity index (χ1n) is 40.7. The van der Waals surface area contributed by atoms with Gasteiger partial charge < -0.3 is 33.8 Å². The molecule has 0 heterocycles. The van der Waals surface area contributed by atoms with Gasteiger partial charge in [-0.1, -0.05) is 269 Å². The van der Waals surface area contributed by atoms with E-state index in [0.717, 1.165) is 193 Å². The number of unbranched alkanes of at least 4 members (excludes halogenated alkanes) is 23. The van der Waals surface area contributed by atoms with Crippen LogP contribution in [0.1, 0.15) is 310 Å². The van der Waals surface area contributed by atoms with Crippen LogP contribution in [0.3, 0.4) is 0 Å². The summed E-state index contributed by atoms with van der Waals surface area (Å²) in [5.74, 6) is -2.27. The normalized spacial score (nSPS) is 14.7. The maximum absolute atomic E-state index is 13.1. The highest BCUT2D eigenvalue weighted by Gasteiger charge is 2.30. The third kappa shape index (κ3) is 76.9. The number of hydrogen-bond acceptors (Lipinski definition) is 15. The van der Waals surface area contributed by atoms with Crippen LogP contribution in [0, 0.1) is 0 Å². The maximum atomic E-state index is 13.1. The lowest BCUT2D eigenvalue weighted by Crippen LogP contribution is -2.30. The summed E-state index contributed by atoms with van der Waals surface area (Å²) in [4.78, 5) is 73.1. The van der Waals surface area contributed by atoms with Crippen LogP contribution >= 0.6 is 15.6 Å². The van der Waals surface area contributed by atoms with Gasteiger partial charge in [-0.05, 0) is 173 Å². The molecule has 5 unspecified atom stereocenters. The highest BCUT2D eigenvalue weighted by Crippen LogP contribution is 2.45. The highest BCUT2D eigenvalue weighted by atomic mass is 31.2. The van der Waals surface area contributed by atoms with E-state index in [2.05, 4.69) is 186 Å². The van der Waals surface area contributed by atoms with Crippen molar-refractivity contribution in [3.63, 3.8) is 0 Å². The molecule has 0 fully saturated rings. The SMILES string of the molecule is CC/C=C\C/C=C\C/C=C\C/C=C\C/C=C\CCCCCC(=O)OCC(COP(=O)(O)OCC(O)COP(=O)(O)OCC(COC(=O)CCCCCCC/C=C\C/C=C\CCCCC)OC(=O)CCCCCCC/C=C\C/C=C\CCCCC)OC(=O)CCCCCC/C=C\C/C=C\C/C=C\C/C=C\CC. The molecule has 0 bridgehead atoms. The average molecular weight is 1520 g/mol. The first-order chi connectivity index (χ1) is 51.7. The molecular formula is C87H144O17P2. The molecule has 0 saturated heterocycles. The van der Waals surface area contributed by atoms with Crippen LogP contribution < -0.4 is 0 Å². The number of phosphoric ester groups is 2. The Bertz CT molecular complexity index is 2630. The molecule has 0 aliphatic rings. The molecule has 0 aromatic heterocycles. The Balaban J connectivity index is 5.46. The second kappa shape index (κ2) is 77.8. The molecule has 106 heavy (non-hydrogen) atoms. The van der Waals surface area contributed by atoms with Gasteiger partial charge in [0.2, 0.25) is 0 Å². The molecule has 0 radical (unpaired) electrons. The van der Waals surface area contributed by atoms with Crippen LogP contribution in [0.4, 0.5) is 0 Å². The summed E-state index contributed by atoms with van der Waals surface area (Å²) in [6.07, 6.45) is 90.7. The van der Waals surface area contributed by atoms with Crippen molar-refractivity contribution in [2.75, 3.05) is 39.6 Å². The van der Waals surface area contributed by atoms with Gasteiger partial charge in [0, 0.05) is 25.7 Å². The molecule has 0 aliphatic heterocycles. The topological polar surface area (TPSA) is 237 Å². The van der Waals surface area contributed by atoms with Crippen LogP contribution in [-0.4, -0.2) is 96.7 Å². The minimum atomic E-state index is -5.00. The Morgan fingerprint density at radius 3 is 0.764 bits per heavy atom. The van der Waals surface area contributed by atoms with Crippen molar-refractivity contribution in [3.8, 4) is 0 Å². The monoisotopic (exact) mass is 1520 g/mol. The molecule has 0 spiro atoms. The predicted octanol–water partition coefficient (Wildman–Crippen LogP) is 24.0. The summed E-state index contributed by atoms with van der Waals surface area (Å²) in [5.41, 5.74) is 0. The quantitative estimate of drug-likeness (QED) is 0.0169. The summed E-state index contributed by atoms with van der Waals surface area (Å²) in [6.45, 7) is 4.50. The molecule has 3 N–H and O–H groups in total. The first-order valence-corrected chi connectivity index (χ1v) is 43.7. The number of rotatable bonds is 75. The van der Waals surface area contributed by atoms with E-state index >= 15 is 0 Å². The molecule has 0 amide bonds. The van der Waals surface area contributed by atoms with Gasteiger partial charge in [-0.15, -0.1) is 0 Å². The van der Waals surface area contributed by atoms with Gasteiger partial charge in [0.25, 0.3) is 0 Å². The number of hydrogen-bond donors (Lipinski definition) is 3. The number of aliphatic hydroxyl groups is 1. The summed E-state index contributed by atoms with van der Waals surface area (Å²) in [5, 5.41) is 10.7. The Morgan fingerprint density at radius 2 is 0.491 bits per heavy atom. The number of carbonyl (C=O) groups excluding carboxylic acids is 4. The molecule has 604 valence electrons. The van der Waals surface area contributed by atoms with Crippen molar-refractivity contribution < 1.29 is 80.2 Å². The zero-order valence-electron chi connectivity index (χ0n) is 66.1. The number of allylic oxidation sites excluding steroid dienone is 26. The van der Waals surface area contributed by atoms with Crippen molar-refractivity contribution in [1.82, 2.24) is 0 Å². The van der Waals surface area contributed by atoms with Gasteiger partial charge in [0.1, 0.15) is 19.3 Å². The van der Waals surface area contributed by atoms with Crippen molar-refractivity contribution in [1.29, 1.82) is 0 Å². The fourth-order valence-electron chi connectivity index (χ4n) is 10.3. The highest BCUT2D eigenvalue weighted by molar-refractivity contribution is 7.47. The zero-order chi connectivity index (χ0) is 77.4. The van der Waals surface area contributed by atoms with E-state index in [0.29, 0.717) is 25.7 Å². The number of carbonyl (C=O) groups is 4. The lowest BCUT2D eigenvalue weighted by Gasteiger charge is -2.21. The molecule has 0 aromatic rings. The van der Waals surface area contributed by atoms with Crippen molar-refractivity contribution in [2.45, 2.75) is 329 Å². The summed E-state index contributed by atoms with van der Waals surface area (Å²) in [7, 11) is -10.00. The number of phosphoric acid groups is 2. The summed E-state index contributed by atoms with van der Waals surface area (Å²) < 4.78 is 68.6. The van der Waals surface area contributed by atoms with Crippen molar-refractivity contribution >= 4 is 39.5 Å². The standard InChI is InChI=1S/C87H144O17P2/c1-5-9-13-17-21-25-29-33-37-39-40-42-45-48-52-56-60-64-68-72-85(90)98-78-83(104-87(92)74-70-66-62-58-54-50-46-41-38-34-30-26-22-18-14-10-6-2)80-102-106(95,96)100-76-81(88)75-99-105(93,94)101-79-82(103-86(91)73-69-65-61-57-53-49-44-36-32-28-24-20-16-12-8-4)77-97-84(89)71-67-63-59-55-51-47-43-35-31-27-23-19-15-11-7-3/h9-10,13-14,21-28,33-38,40,42-44,46,48,50,52,81-83,88H,5-8,11-12,15-20,29-32,39,41,45,47,49,51,53-80H2,1-4H3,(H,93,94)(H,95,96)/b13-9-,14-10-,25-21-,26-22-,27-23-,28-24-,37-33-,38-34-,42-40-,43-35-,44-36-,50-46-,52-48-. The summed E-state index contributed by atoms with van der Waals surface area (Å²) >= 11 is 0. The van der Waals surface area contributed by atoms with Gasteiger partial charge in [-0.25, -0.2) is 9.13 Å². The van der Waals surface area contributed by atoms with Crippen LogP contribution in [0.25, 0.3) is 0 Å². The van der Waals surface area contributed by atoms with E-state index < -0.39 is 97.5 Å². The van der Waals surface area contributed by atoms with Crippen LogP contribution in [-0.2, 0) is 65.4 Å². The molecule has 0 saturated carbocycles. The molecule has 5 atom stereocenters. The average Bonchev–Trinajstić information content (AvgIpc) is 0.902. The Hall–Kier alpha value is -5.32. The van der Waals surface area contributed by atoms with Crippen LogP contribution in [0.2, 0.25) is 0 Å². The van der Waals surface area contributed by atoms with Gasteiger partial charge in [0.15, 0.2) is 12.2 Å².